The van der Waals surface area contributed by atoms with Crippen molar-refractivity contribution in [3.8, 4) is 0 Å². The lowest BCUT2D eigenvalue weighted by molar-refractivity contribution is -0.145. The summed E-state index contributed by atoms with van der Waals surface area (Å²) in [5, 5.41) is 8.87. The Kier molecular flexibility index (Phi) is 5.45. The number of nitrogens with zero attached hydrogens (tertiary/aromatic N) is 1. The van der Waals surface area contributed by atoms with Gasteiger partial charge in [0, 0.05) is 19.0 Å². The van der Waals surface area contributed by atoms with Crippen LogP contribution in [-0.4, -0.2) is 35.0 Å². The van der Waals surface area contributed by atoms with Gasteiger partial charge in [-0.2, -0.15) is 0 Å². The van der Waals surface area contributed by atoms with E-state index in [1.807, 2.05) is 18.7 Å². The van der Waals surface area contributed by atoms with Gasteiger partial charge in [0.1, 0.15) is 0 Å². The molecule has 0 aliphatic carbocycles. The average molecular weight is 241 g/mol. The molecule has 0 aromatic heterocycles. The van der Waals surface area contributed by atoms with Crippen LogP contribution in [0.2, 0.25) is 0 Å². The van der Waals surface area contributed by atoms with Gasteiger partial charge in [0.05, 0.1) is 6.42 Å². The molecule has 1 aliphatic heterocycles. The summed E-state index contributed by atoms with van der Waals surface area (Å²) in [6, 6.07) is 0. The number of rotatable bonds is 5. The number of likely N-dealkylation sites (tertiary alicyclic amines) is 1. The van der Waals surface area contributed by atoms with Crippen molar-refractivity contribution in [3.05, 3.63) is 0 Å². The summed E-state index contributed by atoms with van der Waals surface area (Å²) in [6.45, 7) is 5.65. The van der Waals surface area contributed by atoms with Gasteiger partial charge in [-0.3, -0.25) is 9.59 Å². The molecule has 1 amide bonds. The minimum atomic E-state index is -0.874. The van der Waals surface area contributed by atoms with Gasteiger partial charge in [0.25, 0.3) is 0 Å². The molecular formula is C13H23NO3. The zero-order chi connectivity index (χ0) is 12.8. The standard InChI is InChI=1S/C13H23NO3/c1-10(2)8-11(9-12(15)16)13(17)14-6-4-3-5-7-14/h10-11H,3-9H2,1-2H3,(H,15,16)/t11-/m1/s1. The summed E-state index contributed by atoms with van der Waals surface area (Å²) >= 11 is 0. The molecule has 0 unspecified atom stereocenters. The topological polar surface area (TPSA) is 57.6 Å². The second kappa shape index (κ2) is 6.62. The molecule has 1 saturated heterocycles. The Morgan fingerprint density at radius 1 is 1.18 bits per heavy atom. The minimum absolute atomic E-state index is 0.0342. The number of amides is 1. The number of carboxylic acids is 1. The Labute approximate surface area is 103 Å². The van der Waals surface area contributed by atoms with E-state index in [0.29, 0.717) is 12.3 Å². The van der Waals surface area contributed by atoms with Crippen LogP contribution in [0.15, 0.2) is 0 Å². The van der Waals surface area contributed by atoms with E-state index in [0.717, 1.165) is 25.9 Å². The SMILES string of the molecule is CC(C)C[C@H](CC(=O)O)C(=O)N1CCCCC1. The summed E-state index contributed by atoms with van der Waals surface area (Å²) in [5.74, 6) is -0.819. The molecular weight excluding hydrogens is 218 g/mol. The third kappa shape index (κ3) is 4.75. The van der Waals surface area contributed by atoms with Crippen molar-refractivity contribution >= 4 is 11.9 Å². The quantitative estimate of drug-likeness (QED) is 0.802. The first kappa shape index (κ1) is 14.0. The summed E-state index contributed by atoms with van der Waals surface area (Å²) < 4.78 is 0. The van der Waals surface area contributed by atoms with Crippen LogP contribution in [0.4, 0.5) is 0 Å². The Bertz CT molecular complexity index is 270. The molecule has 1 fully saturated rings. The third-order valence-electron chi connectivity index (χ3n) is 3.19. The lowest BCUT2D eigenvalue weighted by Crippen LogP contribution is -2.40. The fourth-order valence-corrected chi connectivity index (χ4v) is 2.42. The summed E-state index contributed by atoms with van der Waals surface area (Å²) in [7, 11) is 0. The van der Waals surface area contributed by atoms with Gasteiger partial charge in [0.2, 0.25) is 5.91 Å². The second-order valence-electron chi connectivity index (χ2n) is 5.31. The smallest absolute Gasteiger partial charge is 0.304 e. The fraction of sp³-hybridized carbons (Fsp3) is 0.846. The van der Waals surface area contributed by atoms with Crippen molar-refractivity contribution < 1.29 is 14.7 Å². The number of aliphatic carboxylic acids is 1. The molecule has 0 radical (unpaired) electrons. The highest BCUT2D eigenvalue weighted by molar-refractivity contribution is 5.83. The predicted molar refractivity (Wildman–Crippen MR) is 65.6 cm³/mol. The van der Waals surface area contributed by atoms with Crippen LogP contribution in [0.3, 0.4) is 0 Å². The first-order valence-electron chi connectivity index (χ1n) is 6.51. The lowest BCUT2D eigenvalue weighted by atomic mass is 9.92. The van der Waals surface area contributed by atoms with Gasteiger partial charge in [-0.1, -0.05) is 13.8 Å². The maximum Gasteiger partial charge on any atom is 0.304 e. The molecule has 0 aromatic rings. The van der Waals surface area contributed by atoms with Gasteiger partial charge >= 0.3 is 5.97 Å². The average Bonchev–Trinajstić information content (AvgIpc) is 2.27. The van der Waals surface area contributed by atoms with Crippen LogP contribution in [0.1, 0.15) is 46.0 Å². The molecule has 17 heavy (non-hydrogen) atoms. The van der Waals surface area contributed by atoms with Crippen molar-refractivity contribution in [1.82, 2.24) is 4.90 Å². The third-order valence-corrected chi connectivity index (χ3v) is 3.19. The lowest BCUT2D eigenvalue weighted by Gasteiger charge is -2.30. The van der Waals surface area contributed by atoms with E-state index < -0.39 is 5.97 Å². The van der Waals surface area contributed by atoms with E-state index in [9.17, 15) is 9.59 Å². The van der Waals surface area contributed by atoms with Gasteiger partial charge in [-0.25, -0.2) is 0 Å². The molecule has 1 aliphatic rings. The van der Waals surface area contributed by atoms with Gasteiger partial charge in [-0.05, 0) is 31.6 Å². The van der Waals surface area contributed by atoms with Crippen molar-refractivity contribution in [3.63, 3.8) is 0 Å². The van der Waals surface area contributed by atoms with E-state index in [1.165, 1.54) is 6.42 Å². The van der Waals surface area contributed by atoms with Crippen molar-refractivity contribution in [2.45, 2.75) is 46.0 Å². The van der Waals surface area contributed by atoms with Crippen LogP contribution in [0.5, 0.6) is 0 Å². The molecule has 0 aromatic carbocycles. The minimum Gasteiger partial charge on any atom is -0.481 e. The Morgan fingerprint density at radius 2 is 1.76 bits per heavy atom. The Hall–Kier alpha value is -1.06. The maximum absolute atomic E-state index is 12.2. The van der Waals surface area contributed by atoms with Gasteiger partial charge < -0.3 is 10.0 Å². The molecule has 1 N–H and O–H groups in total. The van der Waals surface area contributed by atoms with Gasteiger partial charge in [-0.15, -0.1) is 0 Å². The first-order chi connectivity index (χ1) is 8.00. The number of hydrogen-bond donors (Lipinski definition) is 1. The van der Waals surface area contributed by atoms with Crippen LogP contribution >= 0.6 is 0 Å². The summed E-state index contributed by atoms with van der Waals surface area (Å²) in [6.07, 6.45) is 3.91. The molecule has 1 atom stereocenters. The fourth-order valence-electron chi connectivity index (χ4n) is 2.42. The van der Waals surface area contributed by atoms with E-state index in [-0.39, 0.29) is 18.2 Å². The highest BCUT2D eigenvalue weighted by Crippen LogP contribution is 2.20. The Morgan fingerprint density at radius 3 is 2.24 bits per heavy atom. The molecule has 0 saturated carbocycles. The number of carbonyl (C=O) groups excluding carboxylic acids is 1. The molecule has 98 valence electrons. The number of hydrogen-bond acceptors (Lipinski definition) is 2. The molecule has 1 rings (SSSR count). The van der Waals surface area contributed by atoms with Crippen LogP contribution in [0, 0.1) is 11.8 Å². The molecule has 4 nitrogen and oxygen atoms in total. The molecule has 0 spiro atoms. The number of carboxylic acid groups (broad SMARTS) is 1. The van der Waals surface area contributed by atoms with E-state index in [1.54, 1.807) is 0 Å². The van der Waals surface area contributed by atoms with Crippen molar-refractivity contribution in [2.24, 2.45) is 11.8 Å². The molecule has 1 heterocycles. The summed E-state index contributed by atoms with van der Waals surface area (Å²) in [5.41, 5.74) is 0. The Balaban J connectivity index is 2.60. The maximum atomic E-state index is 12.2. The van der Waals surface area contributed by atoms with Crippen LogP contribution in [0.25, 0.3) is 0 Å². The molecule has 4 heteroatoms. The van der Waals surface area contributed by atoms with Crippen molar-refractivity contribution in [1.29, 1.82) is 0 Å². The zero-order valence-corrected chi connectivity index (χ0v) is 10.8. The normalized spacial score (nSPS) is 18.2. The monoisotopic (exact) mass is 241 g/mol. The van der Waals surface area contributed by atoms with Crippen LogP contribution < -0.4 is 0 Å². The number of carbonyl (C=O) groups is 2. The van der Waals surface area contributed by atoms with Crippen molar-refractivity contribution in [2.75, 3.05) is 13.1 Å². The van der Waals surface area contributed by atoms with E-state index in [4.69, 9.17) is 5.11 Å². The van der Waals surface area contributed by atoms with E-state index >= 15 is 0 Å². The highest BCUT2D eigenvalue weighted by Gasteiger charge is 2.27. The largest absolute Gasteiger partial charge is 0.481 e. The second-order valence-corrected chi connectivity index (χ2v) is 5.31. The summed E-state index contributed by atoms with van der Waals surface area (Å²) in [4.78, 5) is 24.9. The first-order valence-corrected chi connectivity index (χ1v) is 6.51. The molecule has 0 bridgehead atoms. The zero-order valence-electron chi connectivity index (χ0n) is 10.8. The highest BCUT2D eigenvalue weighted by atomic mass is 16.4. The van der Waals surface area contributed by atoms with Crippen LogP contribution in [-0.2, 0) is 9.59 Å². The number of piperidine rings is 1. The predicted octanol–water partition coefficient (Wildman–Crippen LogP) is 2.14. The van der Waals surface area contributed by atoms with E-state index in [2.05, 4.69) is 0 Å². The van der Waals surface area contributed by atoms with Gasteiger partial charge in [0.15, 0.2) is 0 Å².